The van der Waals surface area contributed by atoms with E-state index in [1.54, 1.807) is 0 Å². The Balaban J connectivity index is 1.14. The van der Waals surface area contributed by atoms with Crippen LogP contribution in [0.25, 0.3) is 16.9 Å². The Kier molecular flexibility index (Phi) is 5.32. The normalized spacial score (nSPS) is 18.4. The molecule has 0 atom stereocenters. The van der Waals surface area contributed by atoms with Crippen LogP contribution in [0, 0.1) is 5.41 Å². The van der Waals surface area contributed by atoms with Crippen LogP contribution in [0.1, 0.15) is 44.4 Å². The summed E-state index contributed by atoms with van der Waals surface area (Å²) in [4.78, 5) is 14.1. The number of piperidine rings is 1. The van der Waals surface area contributed by atoms with Crippen molar-refractivity contribution in [2.45, 2.75) is 46.2 Å². The summed E-state index contributed by atoms with van der Waals surface area (Å²) < 4.78 is 3.99. The SMILES string of the molecule is CC1(C)CCN(Cc2ccc3nc(Cn4cc(-c5cncc(N6CCC6)c5)nn4)cn3c2)CC1. The van der Waals surface area contributed by atoms with Crippen LogP contribution in [0.15, 0.2) is 49.2 Å². The van der Waals surface area contributed by atoms with E-state index < -0.39 is 0 Å². The van der Waals surface area contributed by atoms with E-state index in [-0.39, 0.29) is 0 Å². The van der Waals surface area contributed by atoms with Gasteiger partial charge in [0.05, 0.1) is 30.3 Å². The fraction of sp³-hybridized carbons (Fsp3) is 0.462. The third kappa shape index (κ3) is 4.42. The molecule has 0 amide bonds. The van der Waals surface area contributed by atoms with Crippen molar-refractivity contribution in [3.8, 4) is 11.3 Å². The average molecular weight is 457 g/mol. The Bertz CT molecular complexity index is 1290. The smallest absolute Gasteiger partial charge is 0.137 e. The molecule has 0 N–H and O–H groups in total. The molecular weight excluding hydrogens is 424 g/mol. The largest absolute Gasteiger partial charge is 0.370 e. The van der Waals surface area contributed by atoms with Crippen LogP contribution in [0.5, 0.6) is 0 Å². The van der Waals surface area contributed by atoms with Crippen molar-refractivity contribution in [3.05, 3.63) is 60.4 Å². The maximum atomic E-state index is 4.79. The second-order valence-corrected chi connectivity index (χ2v) is 10.5. The topological polar surface area (TPSA) is 67.4 Å². The highest BCUT2D eigenvalue weighted by molar-refractivity contribution is 5.63. The predicted octanol–water partition coefficient (Wildman–Crippen LogP) is 3.87. The molecule has 0 unspecified atom stereocenters. The second kappa shape index (κ2) is 8.51. The Morgan fingerprint density at radius 2 is 1.79 bits per heavy atom. The van der Waals surface area contributed by atoms with Gasteiger partial charge in [-0.15, -0.1) is 5.10 Å². The van der Waals surface area contributed by atoms with E-state index in [0.717, 1.165) is 47.9 Å². The van der Waals surface area contributed by atoms with Crippen LogP contribution >= 0.6 is 0 Å². The standard InChI is InChI=1S/C26H32N8/c1-26(2)6-10-31(11-7-26)15-20-4-5-25-28-22(17-33(25)16-20)18-34-19-24(29-30-34)21-12-23(14-27-13-21)32-8-3-9-32/h4-5,12-14,16-17,19H,3,6-11,15,18H2,1-2H3. The van der Waals surface area contributed by atoms with E-state index in [9.17, 15) is 0 Å². The third-order valence-electron chi connectivity index (χ3n) is 7.28. The van der Waals surface area contributed by atoms with Gasteiger partial charge in [0.1, 0.15) is 11.3 Å². The van der Waals surface area contributed by atoms with Crippen molar-refractivity contribution in [2.24, 2.45) is 5.41 Å². The molecule has 2 saturated heterocycles. The van der Waals surface area contributed by atoms with Gasteiger partial charge in [-0.05, 0) is 55.5 Å². The van der Waals surface area contributed by atoms with E-state index >= 15 is 0 Å². The van der Waals surface area contributed by atoms with Crippen molar-refractivity contribution >= 4 is 11.3 Å². The molecule has 176 valence electrons. The van der Waals surface area contributed by atoms with Crippen LogP contribution in [0.2, 0.25) is 0 Å². The lowest BCUT2D eigenvalue weighted by molar-refractivity contribution is 0.127. The zero-order valence-corrected chi connectivity index (χ0v) is 20.1. The lowest BCUT2D eigenvalue weighted by Crippen LogP contribution is -2.36. The van der Waals surface area contributed by atoms with Gasteiger partial charge in [-0.3, -0.25) is 9.88 Å². The molecule has 4 aromatic rings. The molecule has 0 aliphatic carbocycles. The highest BCUT2D eigenvalue weighted by Gasteiger charge is 2.25. The van der Waals surface area contributed by atoms with Crippen molar-refractivity contribution in [1.82, 2.24) is 34.3 Å². The number of fused-ring (bicyclic) bond motifs is 1. The summed E-state index contributed by atoms with van der Waals surface area (Å²) in [5.41, 5.74) is 6.74. The van der Waals surface area contributed by atoms with Crippen molar-refractivity contribution < 1.29 is 0 Å². The van der Waals surface area contributed by atoms with Gasteiger partial charge < -0.3 is 9.30 Å². The number of imidazole rings is 1. The molecule has 2 aliphatic rings. The summed E-state index contributed by atoms with van der Waals surface area (Å²) >= 11 is 0. The molecule has 0 saturated carbocycles. The van der Waals surface area contributed by atoms with E-state index in [1.807, 2.05) is 23.3 Å². The van der Waals surface area contributed by atoms with Crippen LogP contribution in [-0.4, -0.2) is 60.4 Å². The minimum Gasteiger partial charge on any atom is -0.370 e. The van der Waals surface area contributed by atoms with Gasteiger partial charge in [0.2, 0.25) is 0 Å². The van der Waals surface area contributed by atoms with Gasteiger partial charge in [-0.25, -0.2) is 9.67 Å². The first-order chi connectivity index (χ1) is 16.5. The van der Waals surface area contributed by atoms with E-state index in [0.29, 0.717) is 12.0 Å². The zero-order valence-electron chi connectivity index (χ0n) is 20.1. The minimum atomic E-state index is 0.481. The van der Waals surface area contributed by atoms with Gasteiger partial charge in [0, 0.05) is 43.8 Å². The Hall–Kier alpha value is -3.26. The molecule has 6 rings (SSSR count). The quantitative estimate of drug-likeness (QED) is 0.439. The zero-order chi connectivity index (χ0) is 23.1. The van der Waals surface area contributed by atoms with E-state index in [1.165, 1.54) is 37.9 Å². The lowest BCUT2D eigenvalue weighted by atomic mass is 9.82. The van der Waals surface area contributed by atoms with Gasteiger partial charge in [0.15, 0.2) is 0 Å². The molecule has 0 bridgehead atoms. The first-order valence-corrected chi connectivity index (χ1v) is 12.3. The maximum Gasteiger partial charge on any atom is 0.137 e. The minimum absolute atomic E-state index is 0.481. The Morgan fingerprint density at radius 1 is 0.941 bits per heavy atom. The van der Waals surface area contributed by atoms with E-state index in [4.69, 9.17) is 4.98 Å². The highest BCUT2D eigenvalue weighted by atomic mass is 15.4. The first kappa shape index (κ1) is 21.3. The van der Waals surface area contributed by atoms with Gasteiger partial charge in [0.25, 0.3) is 0 Å². The number of aromatic nitrogens is 6. The summed E-state index contributed by atoms with van der Waals surface area (Å²) in [5, 5.41) is 8.73. The molecule has 0 spiro atoms. The highest BCUT2D eigenvalue weighted by Crippen LogP contribution is 2.30. The summed E-state index contributed by atoms with van der Waals surface area (Å²) in [6.07, 6.45) is 13.8. The number of nitrogens with zero attached hydrogens (tertiary/aromatic N) is 8. The number of rotatable bonds is 6. The lowest BCUT2D eigenvalue weighted by Gasteiger charge is -2.36. The van der Waals surface area contributed by atoms with Crippen LogP contribution in [0.4, 0.5) is 5.69 Å². The van der Waals surface area contributed by atoms with Crippen molar-refractivity contribution in [3.63, 3.8) is 0 Å². The van der Waals surface area contributed by atoms with Gasteiger partial charge in [-0.2, -0.15) is 0 Å². The number of hydrogen-bond donors (Lipinski definition) is 0. The monoisotopic (exact) mass is 456 g/mol. The molecule has 34 heavy (non-hydrogen) atoms. The summed E-state index contributed by atoms with van der Waals surface area (Å²) in [6.45, 7) is 10.9. The van der Waals surface area contributed by atoms with Gasteiger partial charge in [-0.1, -0.05) is 25.1 Å². The first-order valence-electron chi connectivity index (χ1n) is 12.3. The summed E-state index contributed by atoms with van der Waals surface area (Å²) in [5.74, 6) is 0. The Morgan fingerprint density at radius 3 is 2.59 bits per heavy atom. The molecule has 2 aliphatic heterocycles. The number of anilines is 1. The molecule has 0 aromatic carbocycles. The predicted molar refractivity (Wildman–Crippen MR) is 133 cm³/mol. The van der Waals surface area contributed by atoms with E-state index in [2.05, 4.69) is 73.9 Å². The van der Waals surface area contributed by atoms with Crippen LogP contribution < -0.4 is 4.90 Å². The maximum absolute atomic E-state index is 4.79. The molecule has 4 aromatic heterocycles. The third-order valence-corrected chi connectivity index (χ3v) is 7.28. The number of hydrogen-bond acceptors (Lipinski definition) is 6. The Labute approximate surface area is 200 Å². The fourth-order valence-electron chi connectivity index (χ4n) is 4.82. The second-order valence-electron chi connectivity index (χ2n) is 10.5. The summed E-state index contributed by atoms with van der Waals surface area (Å²) in [7, 11) is 0. The number of pyridine rings is 2. The van der Waals surface area contributed by atoms with Gasteiger partial charge >= 0.3 is 0 Å². The molecule has 8 heteroatoms. The number of likely N-dealkylation sites (tertiary alicyclic amines) is 1. The molecule has 6 heterocycles. The van der Waals surface area contributed by atoms with Crippen molar-refractivity contribution in [1.29, 1.82) is 0 Å². The molecule has 8 nitrogen and oxygen atoms in total. The summed E-state index contributed by atoms with van der Waals surface area (Å²) in [6, 6.07) is 6.47. The molecular formula is C26H32N8. The fourth-order valence-corrected chi connectivity index (χ4v) is 4.82. The molecule has 2 fully saturated rings. The van der Waals surface area contributed by atoms with Crippen LogP contribution in [0.3, 0.4) is 0 Å². The molecule has 0 radical (unpaired) electrons. The van der Waals surface area contributed by atoms with Crippen LogP contribution in [-0.2, 0) is 13.1 Å². The van der Waals surface area contributed by atoms with Crippen molar-refractivity contribution in [2.75, 3.05) is 31.1 Å². The average Bonchev–Trinajstić information content (AvgIpc) is 3.41.